The second-order valence-electron chi connectivity index (χ2n) is 7.47. The summed E-state index contributed by atoms with van der Waals surface area (Å²) in [6.07, 6.45) is -0.224. The maximum Gasteiger partial charge on any atom is 0.327 e. The van der Waals surface area contributed by atoms with Crippen molar-refractivity contribution in [1.82, 2.24) is 4.90 Å². The highest BCUT2D eigenvalue weighted by molar-refractivity contribution is 6.24. The summed E-state index contributed by atoms with van der Waals surface area (Å²) in [6, 6.07) is 16.0. The number of anilines is 1. The molecule has 1 fully saturated rings. The monoisotopic (exact) mass is 406 g/mol. The number of rotatable bonds is 5. The van der Waals surface area contributed by atoms with Gasteiger partial charge in [-0.15, -0.1) is 0 Å². The van der Waals surface area contributed by atoms with E-state index in [0.29, 0.717) is 11.3 Å². The van der Waals surface area contributed by atoms with E-state index < -0.39 is 35.0 Å². The molecule has 3 amide bonds. The van der Waals surface area contributed by atoms with Crippen LogP contribution in [0.15, 0.2) is 54.6 Å². The second-order valence-corrected chi connectivity index (χ2v) is 7.47. The molecule has 7 heteroatoms. The molecular formula is C23H22N2O5. The third kappa shape index (κ3) is 2.73. The quantitative estimate of drug-likeness (QED) is 0.431. The number of carbonyl (C=O) groups excluding carboxylic acids is 4. The lowest BCUT2D eigenvalue weighted by Crippen LogP contribution is -2.53. The molecular weight excluding hydrogens is 384 g/mol. The summed E-state index contributed by atoms with van der Waals surface area (Å²) < 4.78 is 5.29. The van der Waals surface area contributed by atoms with E-state index in [1.54, 1.807) is 38.2 Å². The average Bonchev–Trinajstić information content (AvgIpc) is 3.15. The van der Waals surface area contributed by atoms with Gasteiger partial charge in [0, 0.05) is 24.7 Å². The highest BCUT2D eigenvalue weighted by Crippen LogP contribution is 2.50. The van der Waals surface area contributed by atoms with Gasteiger partial charge in [0.15, 0.2) is 5.41 Å². The number of hydrogen-bond donors (Lipinski definition) is 0. The van der Waals surface area contributed by atoms with Crippen LogP contribution in [0, 0.1) is 5.92 Å². The standard InChI is InChI=1S/C23H22N2O5/c1-3-30-22(29)23(16-11-7-8-12-18(16)24(2)21(23)28)17-13-19(26)25(20(17)27)14-15-9-5-4-6-10-15/h4-12,17H,3,13-14H2,1-2H3/t17-,23-/m1/s1. The number of fused-ring (bicyclic) bond motifs is 1. The molecule has 30 heavy (non-hydrogen) atoms. The van der Waals surface area contributed by atoms with Gasteiger partial charge in [-0.05, 0) is 18.6 Å². The molecule has 2 aliphatic heterocycles. The third-order valence-electron chi connectivity index (χ3n) is 5.88. The summed E-state index contributed by atoms with van der Waals surface area (Å²) in [5.41, 5.74) is -0.124. The molecule has 0 aromatic heterocycles. The van der Waals surface area contributed by atoms with Crippen molar-refractivity contribution in [2.24, 2.45) is 5.92 Å². The summed E-state index contributed by atoms with van der Waals surface area (Å²) in [7, 11) is 1.56. The number of benzene rings is 2. The first-order chi connectivity index (χ1) is 14.4. The largest absolute Gasteiger partial charge is 0.465 e. The molecule has 0 bridgehead atoms. The Bertz CT molecular complexity index is 1030. The summed E-state index contributed by atoms with van der Waals surface area (Å²) >= 11 is 0. The van der Waals surface area contributed by atoms with Crippen LogP contribution in [0.25, 0.3) is 0 Å². The number of nitrogens with zero attached hydrogens (tertiary/aromatic N) is 2. The molecule has 0 unspecified atom stereocenters. The predicted molar refractivity (Wildman–Crippen MR) is 108 cm³/mol. The van der Waals surface area contributed by atoms with Gasteiger partial charge in [0.2, 0.25) is 17.7 Å². The van der Waals surface area contributed by atoms with Gasteiger partial charge in [-0.25, -0.2) is 0 Å². The Morgan fingerprint density at radius 1 is 1.07 bits per heavy atom. The maximum atomic E-state index is 13.4. The van der Waals surface area contributed by atoms with Crippen LogP contribution in [0.4, 0.5) is 5.69 Å². The van der Waals surface area contributed by atoms with Gasteiger partial charge in [0.05, 0.1) is 19.1 Å². The number of esters is 1. The number of likely N-dealkylation sites (N-methyl/N-ethyl adjacent to an activating group) is 1. The van der Waals surface area contributed by atoms with Crippen molar-refractivity contribution < 1.29 is 23.9 Å². The molecule has 7 nitrogen and oxygen atoms in total. The lowest BCUT2D eigenvalue weighted by Gasteiger charge is -2.30. The Kier molecular flexibility index (Phi) is 4.89. The van der Waals surface area contributed by atoms with E-state index in [0.717, 1.165) is 10.5 Å². The van der Waals surface area contributed by atoms with Gasteiger partial charge in [-0.3, -0.25) is 24.1 Å². The van der Waals surface area contributed by atoms with Gasteiger partial charge >= 0.3 is 5.97 Å². The fraction of sp³-hybridized carbons (Fsp3) is 0.304. The van der Waals surface area contributed by atoms with E-state index in [1.165, 1.54) is 4.90 Å². The van der Waals surface area contributed by atoms with Crippen molar-refractivity contribution in [2.45, 2.75) is 25.3 Å². The minimum absolute atomic E-state index is 0.0579. The Balaban J connectivity index is 1.80. The Morgan fingerprint density at radius 2 is 1.73 bits per heavy atom. The molecule has 2 aromatic rings. The number of imide groups is 1. The highest BCUT2D eigenvalue weighted by Gasteiger charge is 2.66. The van der Waals surface area contributed by atoms with Crippen molar-refractivity contribution >= 4 is 29.4 Å². The van der Waals surface area contributed by atoms with Crippen LogP contribution >= 0.6 is 0 Å². The molecule has 1 saturated heterocycles. The van der Waals surface area contributed by atoms with Crippen LogP contribution in [0.1, 0.15) is 24.5 Å². The molecule has 4 rings (SSSR count). The molecule has 0 saturated carbocycles. The Morgan fingerprint density at radius 3 is 2.43 bits per heavy atom. The zero-order valence-electron chi connectivity index (χ0n) is 16.8. The minimum Gasteiger partial charge on any atom is -0.465 e. The number of likely N-dealkylation sites (tertiary alicyclic amines) is 1. The number of ether oxygens (including phenoxy) is 1. The molecule has 0 spiro atoms. The van der Waals surface area contributed by atoms with Crippen molar-refractivity contribution in [3.8, 4) is 0 Å². The first-order valence-electron chi connectivity index (χ1n) is 9.86. The molecule has 0 N–H and O–H groups in total. The third-order valence-corrected chi connectivity index (χ3v) is 5.88. The van der Waals surface area contributed by atoms with E-state index >= 15 is 0 Å². The summed E-state index contributed by atoms with van der Waals surface area (Å²) in [6.45, 7) is 1.80. The van der Waals surface area contributed by atoms with E-state index in [2.05, 4.69) is 0 Å². The predicted octanol–water partition coefficient (Wildman–Crippen LogP) is 2.04. The Hall–Kier alpha value is -3.48. The zero-order chi connectivity index (χ0) is 21.5. The van der Waals surface area contributed by atoms with E-state index in [1.807, 2.05) is 30.3 Å². The lowest BCUT2D eigenvalue weighted by molar-refractivity contribution is -0.159. The smallest absolute Gasteiger partial charge is 0.327 e. The fourth-order valence-corrected chi connectivity index (χ4v) is 4.46. The van der Waals surface area contributed by atoms with Crippen LogP contribution in [-0.4, -0.2) is 42.2 Å². The summed E-state index contributed by atoms with van der Waals surface area (Å²) in [5, 5.41) is 0. The zero-order valence-corrected chi connectivity index (χ0v) is 16.8. The van der Waals surface area contributed by atoms with Crippen LogP contribution in [-0.2, 0) is 35.9 Å². The molecule has 2 heterocycles. The Labute approximate surface area is 174 Å². The van der Waals surface area contributed by atoms with Crippen molar-refractivity contribution in [3.63, 3.8) is 0 Å². The molecule has 0 aliphatic carbocycles. The first kappa shape index (κ1) is 19.8. The number of amides is 3. The topological polar surface area (TPSA) is 84.0 Å². The maximum absolute atomic E-state index is 13.4. The fourth-order valence-electron chi connectivity index (χ4n) is 4.46. The lowest BCUT2D eigenvalue weighted by atomic mass is 9.70. The van der Waals surface area contributed by atoms with E-state index in [4.69, 9.17) is 4.74 Å². The van der Waals surface area contributed by atoms with Crippen LogP contribution in [0.3, 0.4) is 0 Å². The molecule has 2 atom stereocenters. The van der Waals surface area contributed by atoms with Crippen LogP contribution in [0.2, 0.25) is 0 Å². The van der Waals surface area contributed by atoms with Gasteiger partial charge in [0.1, 0.15) is 0 Å². The molecule has 154 valence electrons. The highest BCUT2D eigenvalue weighted by atomic mass is 16.5. The molecule has 2 aliphatic rings. The van der Waals surface area contributed by atoms with Gasteiger partial charge in [-0.1, -0.05) is 48.5 Å². The van der Waals surface area contributed by atoms with Crippen molar-refractivity contribution in [1.29, 1.82) is 0 Å². The number of hydrogen-bond acceptors (Lipinski definition) is 5. The SMILES string of the molecule is CCOC(=O)[C@]1([C@@H]2CC(=O)N(Cc3ccccc3)C2=O)C(=O)N(C)c2ccccc21. The van der Waals surface area contributed by atoms with Gasteiger partial charge < -0.3 is 9.64 Å². The molecule has 0 radical (unpaired) electrons. The van der Waals surface area contributed by atoms with E-state index in [9.17, 15) is 19.2 Å². The van der Waals surface area contributed by atoms with Gasteiger partial charge in [0.25, 0.3) is 0 Å². The first-order valence-corrected chi connectivity index (χ1v) is 9.86. The number of para-hydroxylation sites is 1. The van der Waals surface area contributed by atoms with Crippen molar-refractivity contribution in [2.75, 3.05) is 18.6 Å². The average molecular weight is 406 g/mol. The number of carbonyl (C=O) groups is 4. The second kappa shape index (κ2) is 7.40. The minimum atomic E-state index is -1.86. The summed E-state index contributed by atoms with van der Waals surface area (Å²) in [4.78, 5) is 55.4. The summed E-state index contributed by atoms with van der Waals surface area (Å²) in [5.74, 6) is -3.42. The van der Waals surface area contributed by atoms with Gasteiger partial charge in [-0.2, -0.15) is 0 Å². The normalized spacial score (nSPS) is 23.1. The molecule has 2 aromatic carbocycles. The van der Waals surface area contributed by atoms with Crippen LogP contribution in [0.5, 0.6) is 0 Å². The van der Waals surface area contributed by atoms with Crippen molar-refractivity contribution in [3.05, 3.63) is 65.7 Å². The van der Waals surface area contributed by atoms with Crippen LogP contribution < -0.4 is 4.90 Å². The van der Waals surface area contributed by atoms with E-state index in [-0.39, 0.29) is 19.6 Å².